The second-order valence-corrected chi connectivity index (χ2v) is 8.10. The molecule has 2 aromatic carbocycles. The average Bonchev–Trinajstić information content (AvgIpc) is 3.51. The molecule has 1 aromatic heterocycles. The number of carbonyl (C=O) groups is 2. The summed E-state index contributed by atoms with van der Waals surface area (Å²) in [5.74, 6) is -0.247. The van der Waals surface area contributed by atoms with E-state index in [-0.39, 0.29) is 23.5 Å². The number of carbonyl (C=O) groups excluding carboxylic acids is 2. The highest BCUT2D eigenvalue weighted by molar-refractivity contribution is 5.86. The van der Waals surface area contributed by atoms with Gasteiger partial charge in [-0.05, 0) is 41.8 Å². The van der Waals surface area contributed by atoms with Crippen LogP contribution < -0.4 is 10.1 Å². The van der Waals surface area contributed by atoms with Crippen LogP contribution >= 0.6 is 0 Å². The molecule has 4 rings (SSSR count). The van der Waals surface area contributed by atoms with E-state index in [1.165, 1.54) is 25.4 Å². The number of amides is 1. The van der Waals surface area contributed by atoms with Crippen LogP contribution in [0.2, 0.25) is 0 Å². The third kappa shape index (κ3) is 5.40. The van der Waals surface area contributed by atoms with E-state index in [2.05, 4.69) is 15.6 Å². The maximum absolute atomic E-state index is 13.4. The lowest BCUT2D eigenvalue weighted by Crippen LogP contribution is -2.42. The molecule has 1 aliphatic heterocycles. The lowest BCUT2D eigenvalue weighted by Gasteiger charge is -2.23. The zero-order valence-corrected chi connectivity index (χ0v) is 19.0. The van der Waals surface area contributed by atoms with Gasteiger partial charge in [-0.15, -0.1) is 5.10 Å². The van der Waals surface area contributed by atoms with Gasteiger partial charge in [-0.2, -0.15) is 0 Å². The molecule has 0 spiro atoms. The Balaban J connectivity index is 1.48. The molecule has 34 heavy (non-hydrogen) atoms. The highest BCUT2D eigenvalue weighted by atomic mass is 19.1. The van der Waals surface area contributed by atoms with Gasteiger partial charge in [-0.1, -0.05) is 29.5 Å². The van der Waals surface area contributed by atoms with Gasteiger partial charge in [0.25, 0.3) is 0 Å². The number of benzene rings is 2. The fourth-order valence-corrected chi connectivity index (χ4v) is 4.05. The highest BCUT2D eigenvalue weighted by Crippen LogP contribution is 2.29. The average molecular weight is 468 g/mol. The minimum absolute atomic E-state index is 0.111. The Hall–Kier alpha value is -3.79. The topological polar surface area (TPSA) is 98.6 Å². The lowest BCUT2D eigenvalue weighted by atomic mass is 10.1. The van der Waals surface area contributed by atoms with Crippen molar-refractivity contribution in [2.45, 2.75) is 31.6 Å². The number of likely N-dealkylation sites (tertiary alicyclic amines) is 1. The van der Waals surface area contributed by atoms with Gasteiger partial charge in [0.05, 0.1) is 32.5 Å². The van der Waals surface area contributed by atoms with E-state index < -0.39 is 12.0 Å². The van der Waals surface area contributed by atoms with Crippen molar-refractivity contribution < 1.29 is 23.5 Å². The quantitative estimate of drug-likeness (QED) is 0.508. The number of rotatable bonds is 8. The van der Waals surface area contributed by atoms with Crippen LogP contribution in [-0.4, -0.2) is 58.6 Å². The minimum Gasteiger partial charge on any atom is -0.497 e. The van der Waals surface area contributed by atoms with E-state index in [1.807, 2.05) is 29.2 Å². The summed E-state index contributed by atoms with van der Waals surface area (Å²) >= 11 is 0. The monoisotopic (exact) mass is 467 g/mol. The van der Waals surface area contributed by atoms with E-state index in [0.717, 1.165) is 16.9 Å². The van der Waals surface area contributed by atoms with E-state index in [4.69, 9.17) is 9.47 Å². The Kier molecular flexibility index (Phi) is 7.17. The van der Waals surface area contributed by atoms with Gasteiger partial charge >= 0.3 is 5.97 Å². The summed E-state index contributed by atoms with van der Waals surface area (Å²) in [5, 5.41) is 11.0. The first-order valence-corrected chi connectivity index (χ1v) is 10.9. The van der Waals surface area contributed by atoms with Crippen molar-refractivity contribution in [1.82, 2.24) is 25.2 Å². The predicted molar refractivity (Wildman–Crippen MR) is 120 cm³/mol. The number of nitrogens with zero attached hydrogens (tertiary/aromatic N) is 4. The largest absolute Gasteiger partial charge is 0.497 e. The lowest BCUT2D eigenvalue weighted by molar-refractivity contribution is -0.125. The summed E-state index contributed by atoms with van der Waals surface area (Å²) in [5.41, 5.74) is 1.96. The maximum atomic E-state index is 13.4. The normalized spacial score (nSPS) is 18.0. The first-order chi connectivity index (χ1) is 16.5. The molecule has 0 radical (unpaired) electrons. The molecule has 0 unspecified atom stereocenters. The van der Waals surface area contributed by atoms with E-state index in [0.29, 0.717) is 26.1 Å². The molecule has 0 bridgehead atoms. The molecule has 9 nitrogen and oxygen atoms in total. The summed E-state index contributed by atoms with van der Waals surface area (Å²) < 4.78 is 24.8. The van der Waals surface area contributed by atoms with Gasteiger partial charge in [0.2, 0.25) is 5.91 Å². The Bertz CT molecular complexity index is 1130. The van der Waals surface area contributed by atoms with Crippen molar-refractivity contribution in [3.05, 3.63) is 77.4 Å². The van der Waals surface area contributed by atoms with Gasteiger partial charge in [0, 0.05) is 19.6 Å². The summed E-state index contributed by atoms with van der Waals surface area (Å²) in [7, 11) is 2.89. The molecule has 0 aliphatic carbocycles. The van der Waals surface area contributed by atoms with Crippen molar-refractivity contribution in [3.63, 3.8) is 0 Å². The fraction of sp³-hybridized carbons (Fsp3) is 0.333. The van der Waals surface area contributed by atoms with Crippen LogP contribution in [0.5, 0.6) is 5.75 Å². The second-order valence-electron chi connectivity index (χ2n) is 8.10. The number of aromatic nitrogens is 3. The van der Waals surface area contributed by atoms with Crippen LogP contribution in [0, 0.1) is 5.82 Å². The molecule has 3 aromatic rings. The van der Waals surface area contributed by atoms with Crippen molar-refractivity contribution in [3.8, 4) is 5.75 Å². The number of nitrogens with one attached hydrogen (secondary N) is 1. The first-order valence-electron chi connectivity index (χ1n) is 10.9. The third-order valence-electron chi connectivity index (χ3n) is 5.89. The van der Waals surface area contributed by atoms with Crippen molar-refractivity contribution in [2.75, 3.05) is 20.8 Å². The number of methoxy groups -OCH3 is 2. The Morgan fingerprint density at radius 3 is 2.47 bits per heavy atom. The molecule has 10 heteroatoms. The van der Waals surface area contributed by atoms with E-state index >= 15 is 0 Å². The smallest absolute Gasteiger partial charge is 0.360 e. The number of hydrogen-bond acceptors (Lipinski definition) is 7. The highest BCUT2D eigenvalue weighted by Gasteiger charge is 2.38. The third-order valence-corrected chi connectivity index (χ3v) is 5.89. The molecule has 2 atom stereocenters. The van der Waals surface area contributed by atoms with Crippen LogP contribution in [0.4, 0.5) is 4.39 Å². The summed E-state index contributed by atoms with van der Waals surface area (Å²) in [6, 6.07) is 13.1. The molecular formula is C24H26FN5O4. The predicted octanol–water partition coefficient (Wildman–Crippen LogP) is 2.34. The SMILES string of the molecule is COC(=O)c1cn([C@@H]2C[C@@H](C(=O)NCc3ccc(OC)cc3)N(Cc3ccc(F)cc3)C2)nn1. The Morgan fingerprint density at radius 1 is 1.09 bits per heavy atom. The van der Waals surface area contributed by atoms with Crippen LogP contribution in [0.1, 0.15) is 34.1 Å². The number of halogens is 1. The zero-order chi connectivity index (χ0) is 24.1. The molecule has 0 saturated carbocycles. The molecular weight excluding hydrogens is 441 g/mol. The van der Waals surface area contributed by atoms with Gasteiger partial charge < -0.3 is 14.8 Å². The molecule has 1 fully saturated rings. The van der Waals surface area contributed by atoms with Crippen LogP contribution in [-0.2, 0) is 22.6 Å². The summed E-state index contributed by atoms with van der Waals surface area (Å²) in [4.78, 5) is 27.0. The summed E-state index contributed by atoms with van der Waals surface area (Å²) in [6.07, 6.45) is 2.02. The van der Waals surface area contributed by atoms with Crippen molar-refractivity contribution in [2.24, 2.45) is 0 Å². The maximum Gasteiger partial charge on any atom is 0.360 e. The zero-order valence-electron chi connectivity index (χ0n) is 19.0. The number of ether oxygens (including phenoxy) is 2. The molecule has 178 valence electrons. The molecule has 2 heterocycles. The number of hydrogen-bond donors (Lipinski definition) is 1. The van der Waals surface area contributed by atoms with Gasteiger partial charge in [0.1, 0.15) is 11.6 Å². The van der Waals surface area contributed by atoms with Crippen LogP contribution in [0.3, 0.4) is 0 Å². The number of esters is 1. The fourth-order valence-electron chi connectivity index (χ4n) is 4.05. The Labute approximate surface area is 196 Å². The van der Waals surface area contributed by atoms with Crippen LogP contribution in [0.25, 0.3) is 0 Å². The first kappa shape index (κ1) is 23.4. The van der Waals surface area contributed by atoms with Crippen molar-refractivity contribution >= 4 is 11.9 Å². The second kappa shape index (κ2) is 10.4. The molecule has 1 saturated heterocycles. The minimum atomic E-state index is -0.568. The van der Waals surface area contributed by atoms with Crippen molar-refractivity contribution in [1.29, 1.82) is 0 Å². The van der Waals surface area contributed by atoms with Crippen LogP contribution in [0.15, 0.2) is 54.7 Å². The molecule has 1 N–H and O–H groups in total. The van der Waals surface area contributed by atoms with Gasteiger partial charge in [0.15, 0.2) is 5.69 Å². The van der Waals surface area contributed by atoms with Gasteiger partial charge in [-0.3, -0.25) is 9.69 Å². The van der Waals surface area contributed by atoms with E-state index in [9.17, 15) is 14.0 Å². The summed E-state index contributed by atoms with van der Waals surface area (Å²) in [6.45, 7) is 1.36. The van der Waals surface area contributed by atoms with Gasteiger partial charge in [-0.25, -0.2) is 13.9 Å². The van der Waals surface area contributed by atoms with E-state index in [1.54, 1.807) is 23.9 Å². The molecule has 1 amide bonds. The molecule has 1 aliphatic rings. The Morgan fingerprint density at radius 2 is 1.79 bits per heavy atom. The standard InChI is InChI=1S/C24H26FN5O4/c1-33-20-9-5-16(6-10-20)12-26-23(31)22-11-19(30-15-21(27-28-30)24(32)34-2)14-29(22)13-17-3-7-18(25)8-4-17/h3-10,15,19,22H,11-14H2,1-2H3,(H,26,31)/t19-,22+/m1/s1.